The normalized spacial score (nSPS) is 14.8. The molecule has 0 spiro atoms. The number of fused-ring (bicyclic) bond motifs is 1. The van der Waals surface area contributed by atoms with Crippen molar-refractivity contribution in [2.75, 3.05) is 19.8 Å². The first-order valence-corrected chi connectivity index (χ1v) is 6.94. The molecule has 0 radical (unpaired) electrons. The van der Waals surface area contributed by atoms with Crippen LogP contribution in [0, 0.1) is 5.92 Å². The van der Waals surface area contributed by atoms with E-state index in [1.54, 1.807) is 6.92 Å². The fourth-order valence-corrected chi connectivity index (χ4v) is 2.19. The van der Waals surface area contributed by atoms with Gasteiger partial charge < -0.3 is 19.5 Å². The van der Waals surface area contributed by atoms with Crippen molar-refractivity contribution >= 4 is 6.09 Å². The van der Waals surface area contributed by atoms with E-state index in [4.69, 9.17) is 14.2 Å². The van der Waals surface area contributed by atoms with E-state index in [2.05, 4.69) is 5.32 Å². The standard InChI is InChI=1S/C15H21NO4/c1-4-18-15(17)16-14(10(2)3)11-5-6-12-13(9-11)20-8-7-19-12/h5-6,9-10,14H,4,7-8H2,1-3H3,(H,16,17)/t14-/m0/s1. The van der Waals surface area contributed by atoms with Crippen molar-refractivity contribution in [2.45, 2.75) is 26.8 Å². The zero-order chi connectivity index (χ0) is 14.5. The van der Waals surface area contributed by atoms with Crippen LogP contribution < -0.4 is 14.8 Å². The maximum Gasteiger partial charge on any atom is 0.407 e. The van der Waals surface area contributed by atoms with Crippen LogP contribution in [0.1, 0.15) is 32.4 Å². The SMILES string of the molecule is CCOC(=O)N[C@H](c1ccc2c(c1)OCCO2)C(C)C. The van der Waals surface area contributed by atoms with Crippen LogP contribution in [0.2, 0.25) is 0 Å². The maximum atomic E-state index is 11.6. The van der Waals surface area contributed by atoms with E-state index in [1.807, 2.05) is 32.0 Å². The van der Waals surface area contributed by atoms with Gasteiger partial charge in [-0.2, -0.15) is 0 Å². The van der Waals surface area contributed by atoms with Gasteiger partial charge in [-0.05, 0) is 30.5 Å². The molecule has 1 aromatic rings. The van der Waals surface area contributed by atoms with E-state index in [0.717, 1.165) is 17.1 Å². The van der Waals surface area contributed by atoms with E-state index >= 15 is 0 Å². The van der Waals surface area contributed by atoms with E-state index in [9.17, 15) is 4.79 Å². The second kappa shape index (κ2) is 6.50. The van der Waals surface area contributed by atoms with E-state index in [0.29, 0.717) is 19.8 Å². The fraction of sp³-hybridized carbons (Fsp3) is 0.533. The molecular weight excluding hydrogens is 258 g/mol. The summed E-state index contributed by atoms with van der Waals surface area (Å²) in [6.45, 7) is 7.36. The molecule has 2 rings (SSSR count). The first kappa shape index (κ1) is 14.5. The molecule has 110 valence electrons. The van der Waals surface area contributed by atoms with Gasteiger partial charge in [0.25, 0.3) is 0 Å². The molecule has 1 aliphatic rings. The minimum absolute atomic E-state index is 0.120. The summed E-state index contributed by atoms with van der Waals surface area (Å²) in [4.78, 5) is 11.6. The van der Waals surface area contributed by atoms with Crippen molar-refractivity contribution in [3.63, 3.8) is 0 Å². The van der Waals surface area contributed by atoms with Crippen LogP contribution in [-0.2, 0) is 4.74 Å². The lowest BCUT2D eigenvalue weighted by Crippen LogP contribution is -2.32. The molecule has 5 heteroatoms. The van der Waals surface area contributed by atoms with Crippen LogP contribution in [0.5, 0.6) is 11.5 Å². The quantitative estimate of drug-likeness (QED) is 0.920. The fourth-order valence-electron chi connectivity index (χ4n) is 2.19. The summed E-state index contributed by atoms with van der Waals surface area (Å²) in [6, 6.07) is 5.63. The predicted molar refractivity (Wildman–Crippen MR) is 75.2 cm³/mol. The highest BCUT2D eigenvalue weighted by Gasteiger charge is 2.21. The predicted octanol–water partition coefficient (Wildman–Crippen LogP) is 2.90. The summed E-state index contributed by atoms with van der Waals surface area (Å²) in [5.74, 6) is 1.71. The lowest BCUT2D eigenvalue weighted by molar-refractivity contribution is 0.144. The van der Waals surface area contributed by atoms with Crippen molar-refractivity contribution in [1.82, 2.24) is 5.32 Å². The third-order valence-corrected chi connectivity index (χ3v) is 3.14. The van der Waals surface area contributed by atoms with Gasteiger partial charge in [0.15, 0.2) is 11.5 Å². The average molecular weight is 279 g/mol. The highest BCUT2D eigenvalue weighted by molar-refractivity contribution is 5.68. The molecule has 0 aromatic heterocycles. The molecule has 0 unspecified atom stereocenters. The second-order valence-corrected chi connectivity index (χ2v) is 4.99. The molecule has 1 atom stereocenters. The Labute approximate surface area is 119 Å². The molecule has 0 bridgehead atoms. The molecule has 1 amide bonds. The van der Waals surface area contributed by atoms with Crippen LogP contribution in [0.25, 0.3) is 0 Å². The minimum Gasteiger partial charge on any atom is -0.486 e. The molecule has 1 aromatic carbocycles. The molecule has 1 aliphatic heterocycles. The maximum absolute atomic E-state index is 11.6. The van der Waals surface area contributed by atoms with Crippen molar-refractivity contribution < 1.29 is 19.0 Å². The molecular formula is C15H21NO4. The van der Waals surface area contributed by atoms with Crippen LogP contribution in [0.4, 0.5) is 4.79 Å². The molecule has 5 nitrogen and oxygen atoms in total. The summed E-state index contributed by atoms with van der Waals surface area (Å²) in [7, 11) is 0. The van der Waals surface area contributed by atoms with E-state index in [1.165, 1.54) is 0 Å². The zero-order valence-corrected chi connectivity index (χ0v) is 12.1. The van der Waals surface area contributed by atoms with Gasteiger partial charge in [0.2, 0.25) is 0 Å². The number of amides is 1. The monoisotopic (exact) mass is 279 g/mol. The molecule has 1 N–H and O–H groups in total. The molecule has 0 saturated carbocycles. The van der Waals surface area contributed by atoms with Crippen LogP contribution in [0.3, 0.4) is 0 Å². The topological polar surface area (TPSA) is 56.8 Å². The number of hydrogen-bond acceptors (Lipinski definition) is 4. The van der Waals surface area contributed by atoms with Gasteiger partial charge in [-0.15, -0.1) is 0 Å². The number of ether oxygens (including phenoxy) is 3. The lowest BCUT2D eigenvalue weighted by Gasteiger charge is -2.25. The first-order valence-electron chi connectivity index (χ1n) is 6.94. The van der Waals surface area contributed by atoms with Crippen molar-refractivity contribution in [2.24, 2.45) is 5.92 Å². The van der Waals surface area contributed by atoms with E-state index < -0.39 is 6.09 Å². The van der Waals surface area contributed by atoms with Crippen molar-refractivity contribution in [1.29, 1.82) is 0 Å². The van der Waals surface area contributed by atoms with E-state index in [-0.39, 0.29) is 12.0 Å². The summed E-state index contributed by atoms with van der Waals surface area (Å²) in [5, 5.41) is 2.88. The second-order valence-electron chi connectivity index (χ2n) is 4.99. The Morgan fingerprint density at radius 2 is 2.00 bits per heavy atom. The number of rotatable bonds is 4. The summed E-state index contributed by atoms with van der Waals surface area (Å²) in [6.07, 6.45) is -0.402. The number of benzene rings is 1. The van der Waals surface area contributed by atoms with Gasteiger partial charge in [0.1, 0.15) is 13.2 Å². The third-order valence-electron chi connectivity index (χ3n) is 3.14. The first-order chi connectivity index (χ1) is 9.61. The Morgan fingerprint density at radius 1 is 1.30 bits per heavy atom. The molecule has 20 heavy (non-hydrogen) atoms. The number of hydrogen-bond donors (Lipinski definition) is 1. The third kappa shape index (κ3) is 3.35. The molecule has 1 heterocycles. The van der Waals surface area contributed by atoms with Gasteiger partial charge in [-0.1, -0.05) is 19.9 Å². The summed E-state index contributed by atoms with van der Waals surface area (Å²) in [5.41, 5.74) is 0.984. The van der Waals surface area contributed by atoms with Gasteiger partial charge in [-0.25, -0.2) is 4.79 Å². The minimum atomic E-state index is -0.402. The largest absolute Gasteiger partial charge is 0.486 e. The lowest BCUT2D eigenvalue weighted by atomic mass is 9.96. The van der Waals surface area contributed by atoms with Crippen LogP contribution in [0.15, 0.2) is 18.2 Å². The number of carbonyl (C=O) groups is 1. The summed E-state index contributed by atoms with van der Waals surface area (Å²) >= 11 is 0. The Kier molecular flexibility index (Phi) is 4.71. The van der Waals surface area contributed by atoms with Gasteiger partial charge in [0.05, 0.1) is 12.6 Å². The average Bonchev–Trinajstić information content (AvgIpc) is 2.44. The highest BCUT2D eigenvalue weighted by Crippen LogP contribution is 2.34. The number of carbonyl (C=O) groups excluding carboxylic acids is 1. The van der Waals surface area contributed by atoms with Gasteiger partial charge >= 0.3 is 6.09 Å². The highest BCUT2D eigenvalue weighted by atomic mass is 16.6. The van der Waals surface area contributed by atoms with Gasteiger partial charge in [0, 0.05) is 0 Å². The molecule has 0 aliphatic carbocycles. The number of nitrogens with one attached hydrogen (secondary N) is 1. The Hall–Kier alpha value is -1.91. The Morgan fingerprint density at radius 3 is 2.65 bits per heavy atom. The molecule has 0 fully saturated rings. The summed E-state index contributed by atoms with van der Waals surface area (Å²) < 4.78 is 16.0. The zero-order valence-electron chi connectivity index (χ0n) is 12.1. The van der Waals surface area contributed by atoms with Crippen LogP contribution >= 0.6 is 0 Å². The van der Waals surface area contributed by atoms with Crippen molar-refractivity contribution in [3.05, 3.63) is 23.8 Å². The van der Waals surface area contributed by atoms with Crippen molar-refractivity contribution in [3.8, 4) is 11.5 Å². The van der Waals surface area contributed by atoms with Gasteiger partial charge in [-0.3, -0.25) is 0 Å². The smallest absolute Gasteiger partial charge is 0.407 e. The Balaban J connectivity index is 2.18. The number of alkyl carbamates (subject to hydrolysis) is 1. The van der Waals surface area contributed by atoms with Crippen LogP contribution in [-0.4, -0.2) is 25.9 Å². The molecule has 0 saturated heterocycles. The Bertz CT molecular complexity index is 473.